The van der Waals surface area contributed by atoms with Crippen molar-refractivity contribution in [1.82, 2.24) is 4.98 Å². The van der Waals surface area contributed by atoms with Gasteiger partial charge in [-0.2, -0.15) is 0 Å². The van der Waals surface area contributed by atoms with Crippen LogP contribution in [0.1, 0.15) is 13.8 Å². The van der Waals surface area contributed by atoms with Crippen molar-refractivity contribution in [2.75, 3.05) is 13.2 Å². The molecule has 0 saturated carbocycles. The molecule has 0 amide bonds. The van der Waals surface area contributed by atoms with Crippen LogP contribution in [0.15, 0.2) is 24.4 Å². The van der Waals surface area contributed by atoms with Crippen LogP contribution in [0.25, 0.3) is 0 Å². The zero-order valence-corrected chi connectivity index (χ0v) is 10.4. The SMILES string of the molecule is CCO[Si](C)(OCC)Oc1ccccn1. The third kappa shape index (κ3) is 3.99. The van der Waals surface area contributed by atoms with Crippen molar-refractivity contribution in [3.8, 4) is 5.88 Å². The van der Waals surface area contributed by atoms with Gasteiger partial charge in [0.15, 0.2) is 0 Å². The summed E-state index contributed by atoms with van der Waals surface area (Å²) in [5, 5.41) is 0. The van der Waals surface area contributed by atoms with Crippen molar-refractivity contribution >= 4 is 8.80 Å². The molecule has 0 aliphatic carbocycles. The Kier molecular flexibility index (Phi) is 4.74. The predicted molar refractivity (Wildman–Crippen MR) is 59.7 cm³/mol. The van der Waals surface area contributed by atoms with Crippen LogP contribution in [-0.2, 0) is 8.85 Å². The highest BCUT2D eigenvalue weighted by atomic mass is 28.4. The second-order valence-corrected chi connectivity index (χ2v) is 5.50. The van der Waals surface area contributed by atoms with Crippen LogP contribution >= 0.6 is 0 Å². The smallest absolute Gasteiger partial charge is 0.486 e. The Bertz CT molecular complexity index is 275. The van der Waals surface area contributed by atoms with Gasteiger partial charge in [-0.05, 0) is 26.0 Å². The van der Waals surface area contributed by atoms with E-state index < -0.39 is 8.80 Å². The molecule has 84 valence electrons. The summed E-state index contributed by atoms with van der Waals surface area (Å²) in [5.41, 5.74) is 0. The fourth-order valence-electron chi connectivity index (χ4n) is 1.22. The van der Waals surface area contributed by atoms with Crippen LogP contribution in [0.5, 0.6) is 5.88 Å². The van der Waals surface area contributed by atoms with Gasteiger partial charge in [0.1, 0.15) is 0 Å². The zero-order valence-electron chi connectivity index (χ0n) is 9.40. The monoisotopic (exact) mass is 227 g/mol. The summed E-state index contributed by atoms with van der Waals surface area (Å²) < 4.78 is 16.7. The fourth-order valence-corrected chi connectivity index (χ4v) is 2.97. The molecule has 15 heavy (non-hydrogen) atoms. The average Bonchev–Trinajstić information content (AvgIpc) is 2.19. The van der Waals surface area contributed by atoms with Gasteiger partial charge in [0.2, 0.25) is 5.88 Å². The minimum atomic E-state index is -2.55. The van der Waals surface area contributed by atoms with Gasteiger partial charge in [-0.15, -0.1) is 0 Å². The number of aromatic nitrogens is 1. The predicted octanol–water partition coefficient (Wildman–Crippen LogP) is 2.10. The van der Waals surface area contributed by atoms with Crippen LogP contribution in [0.2, 0.25) is 6.55 Å². The van der Waals surface area contributed by atoms with Gasteiger partial charge in [0.05, 0.1) is 0 Å². The van der Waals surface area contributed by atoms with Crippen molar-refractivity contribution in [3.05, 3.63) is 24.4 Å². The standard InChI is InChI=1S/C10H17NO3Si/c1-4-12-15(3,13-5-2)14-10-8-6-7-9-11-10/h6-9H,4-5H2,1-3H3. The molecule has 0 aromatic carbocycles. The molecule has 0 atom stereocenters. The van der Waals surface area contributed by atoms with Crippen LogP contribution in [0.4, 0.5) is 0 Å². The first-order valence-electron chi connectivity index (χ1n) is 5.08. The molecular weight excluding hydrogens is 210 g/mol. The normalized spacial score (nSPS) is 11.4. The van der Waals surface area contributed by atoms with Gasteiger partial charge in [-0.1, -0.05) is 6.07 Å². The molecule has 0 unspecified atom stereocenters. The van der Waals surface area contributed by atoms with E-state index in [2.05, 4.69) is 4.98 Å². The molecule has 1 aromatic heterocycles. The lowest BCUT2D eigenvalue weighted by Gasteiger charge is -2.24. The Morgan fingerprint density at radius 1 is 1.20 bits per heavy atom. The van der Waals surface area contributed by atoms with Gasteiger partial charge < -0.3 is 13.3 Å². The lowest BCUT2D eigenvalue weighted by molar-refractivity contribution is 0.122. The molecule has 0 radical (unpaired) electrons. The van der Waals surface area contributed by atoms with Crippen molar-refractivity contribution in [2.45, 2.75) is 20.4 Å². The highest BCUT2D eigenvalue weighted by molar-refractivity contribution is 6.59. The highest BCUT2D eigenvalue weighted by Gasteiger charge is 2.36. The van der Waals surface area contributed by atoms with Crippen LogP contribution < -0.4 is 4.43 Å². The lowest BCUT2D eigenvalue weighted by Crippen LogP contribution is -2.45. The van der Waals surface area contributed by atoms with E-state index in [4.69, 9.17) is 13.3 Å². The van der Waals surface area contributed by atoms with Crippen molar-refractivity contribution < 1.29 is 13.3 Å². The molecule has 5 heteroatoms. The van der Waals surface area contributed by atoms with Crippen molar-refractivity contribution in [3.63, 3.8) is 0 Å². The van der Waals surface area contributed by atoms with Gasteiger partial charge in [0, 0.05) is 26.0 Å². The number of rotatable bonds is 6. The molecule has 0 saturated heterocycles. The first kappa shape index (κ1) is 12.2. The molecule has 0 fully saturated rings. The number of nitrogens with zero attached hydrogens (tertiary/aromatic N) is 1. The molecule has 0 aliphatic rings. The maximum Gasteiger partial charge on any atom is 0.563 e. The Balaban J connectivity index is 2.66. The second kappa shape index (κ2) is 5.84. The van der Waals surface area contributed by atoms with Crippen molar-refractivity contribution in [2.24, 2.45) is 0 Å². The van der Waals surface area contributed by atoms with E-state index in [0.717, 1.165) is 0 Å². The topological polar surface area (TPSA) is 40.6 Å². The number of hydrogen-bond acceptors (Lipinski definition) is 4. The second-order valence-electron chi connectivity index (χ2n) is 3.00. The van der Waals surface area contributed by atoms with Crippen LogP contribution in [0, 0.1) is 0 Å². The Morgan fingerprint density at radius 2 is 1.87 bits per heavy atom. The Morgan fingerprint density at radius 3 is 2.33 bits per heavy atom. The van der Waals surface area contributed by atoms with E-state index in [-0.39, 0.29) is 0 Å². The quantitative estimate of drug-likeness (QED) is 0.698. The summed E-state index contributed by atoms with van der Waals surface area (Å²) in [6.45, 7) is 6.87. The third-order valence-electron chi connectivity index (χ3n) is 1.74. The first-order valence-corrected chi connectivity index (χ1v) is 7.30. The van der Waals surface area contributed by atoms with Gasteiger partial charge in [0.25, 0.3) is 0 Å². The molecular formula is C10H17NO3Si. The molecule has 0 N–H and O–H groups in total. The largest absolute Gasteiger partial charge is 0.563 e. The van der Waals surface area contributed by atoms with E-state index in [1.54, 1.807) is 12.3 Å². The first-order chi connectivity index (χ1) is 7.20. The van der Waals surface area contributed by atoms with Crippen LogP contribution in [-0.4, -0.2) is 27.0 Å². The molecule has 0 spiro atoms. The zero-order chi connectivity index (χ0) is 11.1. The van der Waals surface area contributed by atoms with E-state index in [0.29, 0.717) is 19.1 Å². The molecule has 0 bridgehead atoms. The summed E-state index contributed by atoms with van der Waals surface area (Å²) in [6.07, 6.45) is 1.68. The minimum absolute atomic E-state index is 0.550. The third-order valence-corrected chi connectivity index (χ3v) is 3.95. The van der Waals surface area contributed by atoms with Crippen LogP contribution in [0.3, 0.4) is 0 Å². The molecule has 4 nitrogen and oxygen atoms in total. The molecule has 1 heterocycles. The Hall–Kier alpha value is -0.913. The number of pyridine rings is 1. The van der Waals surface area contributed by atoms with Crippen molar-refractivity contribution in [1.29, 1.82) is 0 Å². The van der Waals surface area contributed by atoms with E-state index in [1.165, 1.54) is 0 Å². The van der Waals surface area contributed by atoms with Gasteiger partial charge in [-0.25, -0.2) is 4.98 Å². The lowest BCUT2D eigenvalue weighted by atomic mass is 10.5. The molecule has 1 rings (SSSR count). The summed E-state index contributed by atoms with van der Waals surface area (Å²) >= 11 is 0. The van der Waals surface area contributed by atoms with Gasteiger partial charge in [-0.3, -0.25) is 0 Å². The summed E-state index contributed by atoms with van der Waals surface area (Å²) in [5.74, 6) is 0.550. The number of hydrogen-bond donors (Lipinski definition) is 0. The minimum Gasteiger partial charge on any atom is -0.486 e. The molecule has 0 aliphatic heterocycles. The van der Waals surface area contributed by atoms with Gasteiger partial charge >= 0.3 is 8.80 Å². The Labute approximate surface area is 91.6 Å². The highest BCUT2D eigenvalue weighted by Crippen LogP contribution is 2.14. The summed E-state index contributed by atoms with van der Waals surface area (Å²) in [7, 11) is -2.55. The maximum absolute atomic E-state index is 5.67. The fraction of sp³-hybridized carbons (Fsp3) is 0.500. The molecule has 1 aromatic rings. The average molecular weight is 227 g/mol. The summed E-state index contributed by atoms with van der Waals surface area (Å²) in [4.78, 5) is 4.08. The van der Waals surface area contributed by atoms with E-state index in [1.807, 2.05) is 32.5 Å². The summed E-state index contributed by atoms with van der Waals surface area (Å²) in [6, 6.07) is 5.51. The van der Waals surface area contributed by atoms with E-state index >= 15 is 0 Å². The maximum atomic E-state index is 5.67. The van der Waals surface area contributed by atoms with E-state index in [9.17, 15) is 0 Å².